The Morgan fingerprint density at radius 2 is 2.00 bits per heavy atom. The fraction of sp³-hybridized carbons (Fsp3) is 0.630. The molecule has 0 bridgehead atoms. The van der Waals surface area contributed by atoms with Gasteiger partial charge in [0.2, 0.25) is 5.91 Å². The van der Waals surface area contributed by atoms with Crippen LogP contribution in [0.4, 0.5) is 5.82 Å². The van der Waals surface area contributed by atoms with Crippen molar-refractivity contribution in [3.63, 3.8) is 0 Å². The van der Waals surface area contributed by atoms with Gasteiger partial charge in [-0.1, -0.05) is 11.6 Å². The van der Waals surface area contributed by atoms with Gasteiger partial charge in [-0.15, -0.1) is 0 Å². The third-order valence-electron chi connectivity index (χ3n) is 8.98. The number of rotatable bonds is 4. The molecule has 1 aromatic carbocycles. The monoisotopic (exact) mass is 499 g/mol. The predicted octanol–water partition coefficient (Wildman–Crippen LogP) is 4.12. The number of amides is 1. The Hall–Kier alpha value is -1.77. The van der Waals surface area contributed by atoms with Crippen LogP contribution in [0.5, 0.6) is 0 Å². The number of fused-ring (bicyclic) bond motifs is 1. The van der Waals surface area contributed by atoms with Crippen molar-refractivity contribution in [2.45, 2.75) is 68.6 Å². The lowest BCUT2D eigenvalue weighted by Gasteiger charge is -2.43. The van der Waals surface area contributed by atoms with E-state index in [-0.39, 0.29) is 23.0 Å². The molecule has 3 aliphatic heterocycles. The van der Waals surface area contributed by atoms with Gasteiger partial charge in [0.15, 0.2) is 0 Å². The molecule has 1 aromatic heterocycles. The lowest BCUT2D eigenvalue weighted by atomic mass is 9.76. The highest BCUT2D eigenvalue weighted by atomic mass is 35.5. The van der Waals surface area contributed by atoms with Crippen LogP contribution in [-0.4, -0.2) is 71.1 Å². The van der Waals surface area contributed by atoms with Crippen LogP contribution >= 0.6 is 11.6 Å². The van der Waals surface area contributed by atoms with E-state index in [1.165, 1.54) is 6.42 Å². The molecule has 1 saturated carbocycles. The molecule has 35 heavy (non-hydrogen) atoms. The van der Waals surface area contributed by atoms with Gasteiger partial charge in [0.05, 0.1) is 43.0 Å². The Morgan fingerprint density at radius 1 is 1.20 bits per heavy atom. The number of halogens is 1. The number of hydrogen-bond donors (Lipinski definition) is 2. The summed E-state index contributed by atoms with van der Waals surface area (Å²) >= 11 is 6.72. The number of carbonyl (C=O) groups excluding carboxylic acids is 1. The first-order valence-electron chi connectivity index (χ1n) is 12.9. The molecule has 188 valence electrons. The van der Waals surface area contributed by atoms with E-state index < -0.39 is 6.10 Å². The van der Waals surface area contributed by atoms with E-state index in [9.17, 15) is 9.90 Å². The summed E-state index contributed by atoms with van der Waals surface area (Å²) in [6.45, 7) is 5.39. The first-order valence-corrected chi connectivity index (χ1v) is 13.3. The van der Waals surface area contributed by atoms with E-state index in [1.54, 1.807) is 6.20 Å². The maximum Gasteiger partial charge on any atom is 0.231 e. The number of likely N-dealkylation sites (tertiary alicyclic amines) is 1. The van der Waals surface area contributed by atoms with Gasteiger partial charge in [0.25, 0.3) is 0 Å². The topological polar surface area (TPSA) is 83.9 Å². The Kier molecular flexibility index (Phi) is 6.05. The van der Waals surface area contributed by atoms with E-state index >= 15 is 0 Å². The van der Waals surface area contributed by atoms with Crippen LogP contribution in [0.25, 0.3) is 10.8 Å². The number of aromatic nitrogens is 1. The van der Waals surface area contributed by atoms with Crippen LogP contribution in [0.2, 0.25) is 5.02 Å². The van der Waals surface area contributed by atoms with Crippen LogP contribution in [-0.2, 0) is 14.3 Å². The minimum atomic E-state index is -0.445. The molecule has 2 aromatic rings. The smallest absolute Gasteiger partial charge is 0.231 e. The number of ether oxygens (including phenoxy) is 2. The molecule has 3 saturated heterocycles. The molecule has 2 N–H and O–H groups in total. The number of carbonyl (C=O) groups is 1. The number of piperidine rings is 1. The molecule has 4 heterocycles. The largest absolute Gasteiger partial charge is 0.389 e. The number of benzene rings is 1. The summed E-state index contributed by atoms with van der Waals surface area (Å²) in [6, 6.07) is 6.09. The second kappa shape index (κ2) is 8.96. The lowest BCUT2D eigenvalue weighted by molar-refractivity contribution is -0.119. The van der Waals surface area contributed by atoms with Crippen molar-refractivity contribution in [2.24, 2.45) is 5.92 Å². The highest BCUT2D eigenvalue weighted by Gasteiger charge is 2.47. The molecule has 1 spiro atoms. The van der Waals surface area contributed by atoms with Crippen LogP contribution in [0, 0.1) is 5.92 Å². The Bertz CT molecular complexity index is 1130. The number of anilines is 1. The molecule has 7 nitrogen and oxygen atoms in total. The summed E-state index contributed by atoms with van der Waals surface area (Å²) in [5.41, 5.74) is 0.798. The molecule has 1 amide bonds. The Morgan fingerprint density at radius 3 is 2.66 bits per heavy atom. The first kappa shape index (κ1) is 23.6. The summed E-state index contributed by atoms with van der Waals surface area (Å²) < 4.78 is 11.5. The van der Waals surface area contributed by atoms with Crippen molar-refractivity contribution in [3.8, 4) is 0 Å². The third-order valence-corrected chi connectivity index (χ3v) is 9.31. The molecule has 8 heteroatoms. The van der Waals surface area contributed by atoms with Gasteiger partial charge in [-0.25, -0.2) is 4.98 Å². The van der Waals surface area contributed by atoms with Gasteiger partial charge < -0.3 is 19.9 Å². The normalized spacial score (nSPS) is 31.2. The summed E-state index contributed by atoms with van der Waals surface area (Å²) in [6.07, 6.45) is 7.44. The molecule has 0 radical (unpaired) electrons. The number of nitrogens with zero attached hydrogens (tertiary/aromatic N) is 2. The van der Waals surface area contributed by atoms with Crippen LogP contribution in [0.1, 0.15) is 56.9 Å². The van der Waals surface area contributed by atoms with Crippen molar-refractivity contribution < 1.29 is 19.4 Å². The molecular weight excluding hydrogens is 466 g/mol. The minimum absolute atomic E-state index is 0.00578. The van der Waals surface area contributed by atoms with Crippen molar-refractivity contribution in [3.05, 3.63) is 35.0 Å². The second-order valence-corrected chi connectivity index (χ2v) is 11.6. The van der Waals surface area contributed by atoms with Gasteiger partial charge in [-0.05, 0) is 93.6 Å². The van der Waals surface area contributed by atoms with Crippen molar-refractivity contribution in [1.82, 2.24) is 9.88 Å². The Labute approximate surface area is 211 Å². The summed E-state index contributed by atoms with van der Waals surface area (Å²) in [5, 5.41) is 16.2. The standard InChI is InChI=1S/C27H34ClN3O4/c1-26(16-34-15-23(26)32)31-7-3-17(4-8-31)21-9-18-11-24(29-13-19(18)10-22(21)28)30-25(33)20-12-27(35-14-20)5-2-6-27/h9-11,13,17,20,23,32H,2-8,12,14-16H2,1H3,(H,29,30,33)/t20-,23-,26+/m0/s1. The zero-order chi connectivity index (χ0) is 24.2. The first-order chi connectivity index (χ1) is 16.9. The summed E-state index contributed by atoms with van der Waals surface area (Å²) in [4.78, 5) is 19.7. The van der Waals surface area contributed by atoms with Gasteiger partial charge in [0.1, 0.15) is 5.82 Å². The molecule has 6 rings (SSSR count). The van der Waals surface area contributed by atoms with E-state index in [0.717, 1.165) is 66.6 Å². The molecule has 3 atom stereocenters. The van der Waals surface area contributed by atoms with Crippen LogP contribution in [0.3, 0.4) is 0 Å². The predicted molar refractivity (Wildman–Crippen MR) is 135 cm³/mol. The number of aliphatic hydroxyl groups is 1. The van der Waals surface area contributed by atoms with E-state index in [1.807, 2.05) is 12.1 Å². The average Bonchev–Trinajstić information content (AvgIpc) is 3.44. The van der Waals surface area contributed by atoms with Crippen LogP contribution in [0.15, 0.2) is 24.4 Å². The quantitative estimate of drug-likeness (QED) is 0.658. The van der Waals surface area contributed by atoms with Gasteiger partial charge in [-0.2, -0.15) is 0 Å². The van der Waals surface area contributed by atoms with Gasteiger partial charge in [-0.3, -0.25) is 9.69 Å². The fourth-order valence-corrected chi connectivity index (χ4v) is 6.71. The molecular formula is C27H34ClN3O4. The van der Waals surface area contributed by atoms with E-state index in [4.69, 9.17) is 21.1 Å². The maximum atomic E-state index is 12.9. The highest BCUT2D eigenvalue weighted by Crippen LogP contribution is 2.45. The minimum Gasteiger partial charge on any atom is -0.389 e. The van der Waals surface area contributed by atoms with Crippen LogP contribution < -0.4 is 5.32 Å². The van der Waals surface area contributed by atoms with E-state index in [0.29, 0.717) is 31.6 Å². The molecule has 4 fully saturated rings. The Balaban J connectivity index is 1.15. The fourth-order valence-electron chi connectivity index (χ4n) is 6.38. The van der Waals surface area contributed by atoms with Crippen molar-refractivity contribution >= 4 is 34.1 Å². The number of aliphatic hydroxyl groups excluding tert-OH is 1. The molecule has 0 unspecified atom stereocenters. The van der Waals surface area contributed by atoms with Crippen molar-refractivity contribution in [1.29, 1.82) is 0 Å². The summed E-state index contributed by atoms with van der Waals surface area (Å²) in [5.74, 6) is 0.813. The summed E-state index contributed by atoms with van der Waals surface area (Å²) in [7, 11) is 0. The third kappa shape index (κ3) is 4.25. The zero-order valence-electron chi connectivity index (χ0n) is 20.3. The molecule has 4 aliphatic rings. The second-order valence-electron chi connectivity index (χ2n) is 11.2. The lowest BCUT2D eigenvalue weighted by Crippen LogP contribution is -2.56. The number of hydrogen-bond acceptors (Lipinski definition) is 6. The maximum absolute atomic E-state index is 12.9. The number of pyridine rings is 1. The van der Waals surface area contributed by atoms with E-state index in [2.05, 4.69) is 28.2 Å². The highest BCUT2D eigenvalue weighted by molar-refractivity contribution is 6.32. The van der Waals surface area contributed by atoms with Gasteiger partial charge in [0, 0.05) is 16.6 Å². The molecule has 1 aliphatic carbocycles. The van der Waals surface area contributed by atoms with Gasteiger partial charge >= 0.3 is 0 Å². The SMILES string of the molecule is C[C@@]1(N2CCC(c3cc4cc(NC(=O)[C@@H]5COC6(CCC6)C5)ncc4cc3Cl)CC2)COC[C@@H]1O. The average molecular weight is 500 g/mol. The zero-order valence-corrected chi connectivity index (χ0v) is 21.0. The number of nitrogens with one attached hydrogen (secondary N) is 1. The van der Waals surface area contributed by atoms with Crippen molar-refractivity contribution in [2.75, 3.05) is 38.2 Å².